The lowest BCUT2D eigenvalue weighted by Crippen LogP contribution is -2.38. The van der Waals surface area contributed by atoms with Crippen LogP contribution in [0, 0.1) is 0 Å². The van der Waals surface area contributed by atoms with Crippen LogP contribution >= 0.6 is 0 Å². The van der Waals surface area contributed by atoms with Gasteiger partial charge in [-0.3, -0.25) is 14.4 Å². The molecule has 8 nitrogen and oxygen atoms in total. The van der Waals surface area contributed by atoms with E-state index >= 15 is 0 Å². The van der Waals surface area contributed by atoms with Crippen molar-refractivity contribution in [2.24, 2.45) is 7.05 Å². The fraction of sp³-hybridized carbons (Fsp3) is 0.524. The van der Waals surface area contributed by atoms with Gasteiger partial charge in [-0.15, -0.1) is 0 Å². The van der Waals surface area contributed by atoms with Crippen LogP contribution in [0.3, 0.4) is 0 Å². The summed E-state index contributed by atoms with van der Waals surface area (Å²) < 4.78 is 18.4. The molecule has 29 heavy (non-hydrogen) atoms. The number of hydrogen-bond acceptors (Lipinski definition) is 6. The smallest absolute Gasteiger partial charge is 0.255 e. The third-order valence-electron chi connectivity index (χ3n) is 5.02. The molecule has 0 saturated carbocycles. The lowest BCUT2D eigenvalue weighted by Gasteiger charge is -2.32. The molecule has 158 valence electrons. The van der Waals surface area contributed by atoms with E-state index in [0.29, 0.717) is 30.2 Å². The molecular formula is C21H30N4O4. The number of nitrogens with one attached hydrogen (secondary N) is 1. The zero-order chi connectivity index (χ0) is 20.6. The van der Waals surface area contributed by atoms with Crippen LogP contribution in [-0.2, 0) is 18.3 Å². The summed E-state index contributed by atoms with van der Waals surface area (Å²) in [4.78, 5) is 14.9. The van der Waals surface area contributed by atoms with Gasteiger partial charge >= 0.3 is 0 Å². The van der Waals surface area contributed by atoms with Crippen LogP contribution in [0.2, 0.25) is 0 Å². The van der Waals surface area contributed by atoms with Gasteiger partial charge in [0.15, 0.2) is 0 Å². The number of likely N-dealkylation sites (tertiary alicyclic amines) is 1. The summed E-state index contributed by atoms with van der Waals surface area (Å²) in [5, 5.41) is 7.08. The molecule has 0 radical (unpaired) electrons. The topological polar surface area (TPSA) is 77.9 Å². The van der Waals surface area contributed by atoms with Gasteiger partial charge in [0.25, 0.3) is 5.91 Å². The van der Waals surface area contributed by atoms with Gasteiger partial charge in [0.2, 0.25) is 0 Å². The second-order valence-electron chi connectivity index (χ2n) is 7.23. The van der Waals surface area contributed by atoms with E-state index in [-0.39, 0.29) is 12.0 Å². The van der Waals surface area contributed by atoms with Crippen LogP contribution < -0.4 is 14.8 Å². The Kier molecular flexibility index (Phi) is 7.48. The number of aryl methyl sites for hydroxylation is 1. The average Bonchev–Trinajstić information content (AvgIpc) is 3.14. The number of benzene rings is 1. The Hall–Kier alpha value is -2.58. The number of carbonyl (C=O) groups excluding carboxylic acids is 1. The number of rotatable bonds is 9. The number of amides is 1. The molecule has 0 spiro atoms. The quantitative estimate of drug-likeness (QED) is 0.645. The van der Waals surface area contributed by atoms with Crippen molar-refractivity contribution in [3.05, 3.63) is 41.7 Å². The second kappa shape index (κ2) is 10.3. The van der Waals surface area contributed by atoms with Crippen molar-refractivity contribution < 1.29 is 19.0 Å². The monoisotopic (exact) mass is 402 g/mol. The van der Waals surface area contributed by atoms with Crippen molar-refractivity contribution in [1.82, 2.24) is 20.0 Å². The molecule has 1 aliphatic heterocycles. The summed E-state index contributed by atoms with van der Waals surface area (Å²) in [7, 11) is 5.14. The molecule has 1 N–H and O–H groups in total. The SMILES string of the molecule is COCCNC(=O)c1ccc(OC)cc1OC1CCN(Cc2cnn(C)c2)CC1. The summed E-state index contributed by atoms with van der Waals surface area (Å²) in [6.45, 7) is 3.70. The Morgan fingerprint density at radius 2 is 2.07 bits per heavy atom. The minimum atomic E-state index is -0.172. The van der Waals surface area contributed by atoms with Crippen molar-refractivity contribution in [3.63, 3.8) is 0 Å². The molecule has 0 bridgehead atoms. The Labute approximate surface area is 171 Å². The number of piperidine rings is 1. The Morgan fingerprint density at radius 3 is 2.72 bits per heavy atom. The summed E-state index contributed by atoms with van der Waals surface area (Å²) in [6, 6.07) is 5.30. The molecule has 1 fully saturated rings. The van der Waals surface area contributed by atoms with Gasteiger partial charge in [0, 0.05) is 58.2 Å². The molecule has 1 aliphatic rings. The first-order chi connectivity index (χ1) is 14.1. The van der Waals surface area contributed by atoms with Gasteiger partial charge in [0.1, 0.15) is 17.6 Å². The maximum atomic E-state index is 12.5. The predicted octanol–water partition coefficient (Wildman–Crippen LogP) is 1.85. The molecule has 1 amide bonds. The van der Waals surface area contributed by atoms with Gasteiger partial charge < -0.3 is 19.5 Å². The highest BCUT2D eigenvalue weighted by atomic mass is 16.5. The van der Waals surface area contributed by atoms with E-state index in [9.17, 15) is 4.79 Å². The van der Waals surface area contributed by atoms with E-state index in [1.165, 1.54) is 5.56 Å². The van der Waals surface area contributed by atoms with Crippen LogP contribution in [0.4, 0.5) is 0 Å². The zero-order valence-corrected chi connectivity index (χ0v) is 17.4. The highest BCUT2D eigenvalue weighted by molar-refractivity contribution is 5.97. The first kappa shape index (κ1) is 21.1. The molecule has 1 saturated heterocycles. The van der Waals surface area contributed by atoms with E-state index in [4.69, 9.17) is 14.2 Å². The summed E-state index contributed by atoms with van der Waals surface area (Å²) >= 11 is 0. The van der Waals surface area contributed by atoms with Crippen LogP contribution in [0.1, 0.15) is 28.8 Å². The number of ether oxygens (including phenoxy) is 3. The van der Waals surface area contributed by atoms with Crippen molar-refractivity contribution in [2.75, 3.05) is 40.5 Å². The lowest BCUT2D eigenvalue weighted by molar-refractivity contribution is 0.0881. The number of aromatic nitrogens is 2. The molecule has 0 atom stereocenters. The first-order valence-corrected chi connectivity index (χ1v) is 9.90. The van der Waals surface area contributed by atoms with Crippen molar-refractivity contribution in [3.8, 4) is 11.5 Å². The Morgan fingerprint density at radius 1 is 1.28 bits per heavy atom. The van der Waals surface area contributed by atoms with Gasteiger partial charge in [-0.1, -0.05) is 0 Å². The lowest BCUT2D eigenvalue weighted by atomic mass is 10.1. The van der Waals surface area contributed by atoms with E-state index in [1.807, 2.05) is 24.1 Å². The van der Waals surface area contributed by atoms with Gasteiger partial charge in [-0.2, -0.15) is 5.10 Å². The highest BCUT2D eigenvalue weighted by Crippen LogP contribution is 2.28. The predicted molar refractivity (Wildman–Crippen MR) is 109 cm³/mol. The van der Waals surface area contributed by atoms with Crippen LogP contribution in [-0.4, -0.2) is 67.2 Å². The van der Waals surface area contributed by atoms with E-state index in [2.05, 4.69) is 15.3 Å². The number of carbonyl (C=O) groups is 1. The minimum Gasteiger partial charge on any atom is -0.497 e. The van der Waals surface area contributed by atoms with E-state index in [0.717, 1.165) is 32.5 Å². The Balaban J connectivity index is 1.59. The van der Waals surface area contributed by atoms with E-state index in [1.54, 1.807) is 32.4 Å². The molecule has 3 rings (SSSR count). The van der Waals surface area contributed by atoms with Gasteiger partial charge in [0.05, 0.1) is 25.5 Å². The van der Waals surface area contributed by atoms with Gasteiger partial charge in [-0.25, -0.2) is 0 Å². The largest absolute Gasteiger partial charge is 0.497 e. The number of methoxy groups -OCH3 is 2. The fourth-order valence-corrected chi connectivity index (χ4v) is 3.45. The second-order valence-corrected chi connectivity index (χ2v) is 7.23. The highest BCUT2D eigenvalue weighted by Gasteiger charge is 2.23. The van der Waals surface area contributed by atoms with Crippen molar-refractivity contribution in [1.29, 1.82) is 0 Å². The molecule has 2 heterocycles. The first-order valence-electron chi connectivity index (χ1n) is 9.90. The standard InChI is InChI=1S/C21H30N4O4/c1-24-14-16(13-23-24)15-25-9-6-17(7-10-25)29-20-12-18(28-3)4-5-19(20)21(26)22-8-11-27-2/h4-5,12-14,17H,6-11,15H2,1-3H3,(H,22,26). The van der Waals surface area contributed by atoms with Crippen LogP contribution in [0.5, 0.6) is 11.5 Å². The zero-order valence-electron chi connectivity index (χ0n) is 17.4. The maximum absolute atomic E-state index is 12.5. The molecule has 0 aliphatic carbocycles. The fourth-order valence-electron chi connectivity index (χ4n) is 3.45. The van der Waals surface area contributed by atoms with Crippen LogP contribution in [0.25, 0.3) is 0 Å². The van der Waals surface area contributed by atoms with E-state index < -0.39 is 0 Å². The third kappa shape index (κ3) is 5.95. The normalized spacial score (nSPS) is 15.3. The molecule has 1 aromatic heterocycles. The molecular weight excluding hydrogens is 372 g/mol. The Bertz CT molecular complexity index is 800. The van der Waals surface area contributed by atoms with Crippen molar-refractivity contribution in [2.45, 2.75) is 25.5 Å². The third-order valence-corrected chi connectivity index (χ3v) is 5.02. The van der Waals surface area contributed by atoms with Crippen molar-refractivity contribution >= 4 is 5.91 Å². The summed E-state index contributed by atoms with van der Waals surface area (Å²) in [5.74, 6) is 1.06. The average molecular weight is 402 g/mol. The number of nitrogens with zero attached hydrogens (tertiary/aromatic N) is 3. The molecule has 1 aromatic carbocycles. The summed E-state index contributed by atoms with van der Waals surface area (Å²) in [5.41, 5.74) is 1.73. The van der Waals surface area contributed by atoms with Crippen LogP contribution in [0.15, 0.2) is 30.6 Å². The van der Waals surface area contributed by atoms with Gasteiger partial charge in [-0.05, 0) is 25.0 Å². The molecule has 0 unspecified atom stereocenters. The number of hydrogen-bond donors (Lipinski definition) is 1. The minimum absolute atomic E-state index is 0.0674. The molecule has 2 aromatic rings. The maximum Gasteiger partial charge on any atom is 0.255 e. The molecule has 8 heteroatoms. The summed E-state index contributed by atoms with van der Waals surface area (Å²) in [6.07, 6.45) is 5.84.